The molecule has 1 atom stereocenters. The van der Waals surface area contributed by atoms with Gasteiger partial charge in [-0.3, -0.25) is 9.10 Å². The van der Waals surface area contributed by atoms with Crippen LogP contribution in [0.2, 0.25) is 0 Å². The van der Waals surface area contributed by atoms with E-state index in [2.05, 4.69) is 21.2 Å². The average Bonchev–Trinajstić information content (AvgIpc) is 2.56. The van der Waals surface area contributed by atoms with E-state index >= 15 is 0 Å². The minimum absolute atomic E-state index is 0.00446. The van der Waals surface area contributed by atoms with E-state index in [0.717, 1.165) is 21.7 Å². The molecule has 0 saturated heterocycles. The van der Waals surface area contributed by atoms with Crippen molar-refractivity contribution in [2.45, 2.75) is 33.2 Å². The zero-order valence-corrected chi connectivity index (χ0v) is 18.0. The Morgan fingerprint density at radius 3 is 2.37 bits per heavy atom. The molecule has 0 heterocycles. The number of carbonyl (C=O) groups excluding carboxylic acids is 1. The second kappa shape index (κ2) is 8.39. The van der Waals surface area contributed by atoms with Crippen LogP contribution in [0.1, 0.15) is 24.5 Å². The van der Waals surface area contributed by atoms with Crippen molar-refractivity contribution in [3.63, 3.8) is 0 Å². The second-order valence-electron chi connectivity index (χ2n) is 6.36. The van der Waals surface area contributed by atoms with Gasteiger partial charge in [-0.15, -0.1) is 0 Å². The van der Waals surface area contributed by atoms with Gasteiger partial charge in [-0.05, 0) is 61.7 Å². The number of benzene rings is 2. The van der Waals surface area contributed by atoms with Gasteiger partial charge < -0.3 is 5.32 Å². The van der Waals surface area contributed by atoms with Crippen molar-refractivity contribution >= 4 is 43.2 Å². The summed E-state index contributed by atoms with van der Waals surface area (Å²) in [6, 6.07) is 8.44. The first-order valence-corrected chi connectivity index (χ1v) is 11.0. The van der Waals surface area contributed by atoms with Crippen LogP contribution in [0.15, 0.2) is 40.9 Å². The summed E-state index contributed by atoms with van der Waals surface area (Å²) in [6.45, 7) is 5.50. The highest BCUT2D eigenvalue weighted by atomic mass is 79.9. The molecular formula is C19H22BrFN2O3S. The van der Waals surface area contributed by atoms with E-state index in [1.165, 1.54) is 12.1 Å². The summed E-state index contributed by atoms with van der Waals surface area (Å²) in [4.78, 5) is 12.8. The molecule has 2 aromatic carbocycles. The number of sulfonamides is 1. The molecule has 27 heavy (non-hydrogen) atoms. The fourth-order valence-corrected chi connectivity index (χ4v) is 4.27. The van der Waals surface area contributed by atoms with Gasteiger partial charge in [-0.1, -0.05) is 28.9 Å². The molecule has 0 aliphatic carbocycles. The molecule has 2 rings (SSSR count). The van der Waals surface area contributed by atoms with Crippen LogP contribution in [0.25, 0.3) is 0 Å². The minimum atomic E-state index is -3.74. The van der Waals surface area contributed by atoms with Crippen LogP contribution < -0.4 is 9.62 Å². The maximum atomic E-state index is 14.1. The van der Waals surface area contributed by atoms with Crippen molar-refractivity contribution in [3.8, 4) is 0 Å². The summed E-state index contributed by atoms with van der Waals surface area (Å²) >= 11 is 3.16. The van der Waals surface area contributed by atoms with Gasteiger partial charge >= 0.3 is 0 Å². The monoisotopic (exact) mass is 456 g/mol. The predicted octanol–water partition coefficient (Wildman–Crippen LogP) is 4.39. The molecule has 1 N–H and O–H groups in total. The van der Waals surface area contributed by atoms with Gasteiger partial charge in [0, 0.05) is 4.47 Å². The molecule has 146 valence electrons. The van der Waals surface area contributed by atoms with Crippen LogP contribution in [0.3, 0.4) is 0 Å². The largest absolute Gasteiger partial charge is 0.322 e. The fraction of sp³-hybridized carbons (Fsp3) is 0.316. The van der Waals surface area contributed by atoms with Crippen LogP contribution in [-0.4, -0.2) is 26.6 Å². The highest BCUT2D eigenvalue weighted by Gasteiger charge is 2.32. The molecule has 0 saturated carbocycles. The fourth-order valence-electron chi connectivity index (χ4n) is 2.73. The summed E-state index contributed by atoms with van der Waals surface area (Å²) in [5, 5.41) is 2.50. The minimum Gasteiger partial charge on any atom is -0.322 e. The highest BCUT2D eigenvalue weighted by molar-refractivity contribution is 9.10. The first-order valence-electron chi connectivity index (χ1n) is 8.37. The van der Waals surface area contributed by atoms with E-state index < -0.39 is 27.8 Å². The van der Waals surface area contributed by atoms with Gasteiger partial charge in [-0.25, -0.2) is 12.8 Å². The molecule has 0 bridgehead atoms. The maximum absolute atomic E-state index is 14.1. The summed E-state index contributed by atoms with van der Waals surface area (Å²) < 4.78 is 40.6. The van der Waals surface area contributed by atoms with Crippen LogP contribution in [0, 0.1) is 19.7 Å². The van der Waals surface area contributed by atoms with E-state index in [4.69, 9.17) is 0 Å². The summed E-state index contributed by atoms with van der Waals surface area (Å²) in [7, 11) is -3.74. The highest BCUT2D eigenvalue weighted by Crippen LogP contribution is 2.26. The van der Waals surface area contributed by atoms with Gasteiger partial charge in [0.25, 0.3) is 0 Å². The van der Waals surface area contributed by atoms with E-state index in [-0.39, 0.29) is 12.1 Å². The molecule has 0 fully saturated rings. The molecule has 0 aliphatic heterocycles. The number of carbonyl (C=O) groups is 1. The Labute approximate surface area is 167 Å². The van der Waals surface area contributed by atoms with Crippen molar-refractivity contribution in [1.29, 1.82) is 0 Å². The lowest BCUT2D eigenvalue weighted by Crippen LogP contribution is -2.47. The van der Waals surface area contributed by atoms with E-state index in [9.17, 15) is 17.6 Å². The number of halogens is 2. The molecule has 0 aliphatic rings. The first kappa shape index (κ1) is 21.4. The van der Waals surface area contributed by atoms with Crippen molar-refractivity contribution in [1.82, 2.24) is 0 Å². The third kappa shape index (κ3) is 5.07. The number of anilines is 2. The Morgan fingerprint density at radius 2 is 1.85 bits per heavy atom. The van der Waals surface area contributed by atoms with Crippen molar-refractivity contribution in [3.05, 3.63) is 57.8 Å². The summed E-state index contributed by atoms with van der Waals surface area (Å²) in [5.41, 5.74) is 2.33. The average molecular weight is 457 g/mol. The topological polar surface area (TPSA) is 66.5 Å². The van der Waals surface area contributed by atoms with Gasteiger partial charge in [0.05, 0.1) is 17.6 Å². The first-order chi connectivity index (χ1) is 12.5. The number of nitrogens with one attached hydrogen (secondary N) is 1. The Hall–Kier alpha value is -1.93. The van der Waals surface area contributed by atoms with E-state index in [1.54, 1.807) is 25.1 Å². The van der Waals surface area contributed by atoms with Crippen LogP contribution in [-0.2, 0) is 14.8 Å². The van der Waals surface area contributed by atoms with Crippen LogP contribution in [0.5, 0.6) is 0 Å². The third-order valence-electron chi connectivity index (χ3n) is 4.26. The number of hydrogen-bond acceptors (Lipinski definition) is 3. The molecule has 1 amide bonds. The van der Waals surface area contributed by atoms with E-state index in [1.807, 2.05) is 19.9 Å². The lowest BCUT2D eigenvalue weighted by molar-refractivity contribution is -0.117. The molecular weight excluding hydrogens is 435 g/mol. The Bertz CT molecular complexity index is 963. The Morgan fingerprint density at radius 1 is 1.19 bits per heavy atom. The molecule has 0 radical (unpaired) electrons. The SMILES string of the molecule is CCC(C(=O)Nc1ccc(Br)cc1F)N(c1ccc(C)c(C)c1)S(C)(=O)=O. The zero-order valence-electron chi connectivity index (χ0n) is 15.6. The number of nitrogens with zero attached hydrogens (tertiary/aromatic N) is 1. The normalized spacial score (nSPS) is 12.5. The summed E-state index contributed by atoms with van der Waals surface area (Å²) in [5.74, 6) is -1.20. The number of hydrogen-bond donors (Lipinski definition) is 1. The number of aryl methyl sites for hydroxylation is 2. The smallest absolute Gasteiger partial charge is 0.248 e. The zero-order chi connectivity index (χ0) is 20.4. The molecule has 2 aromatic rings. The number of rotatable bonds is 6. The van der Waals surface area contributed by atoms with Crippen molar-refractivity contribution in [2.24, 2.45) is 0 Å². The summed E-state index contributed by atoms with van der Waals surface area (Å²) in [6.07, 6.45) is 1.28. The van der Waals surface area contributed by atoms with E-state index in [0.29, 0.717) is 10.2 Å². The van der Waals surface area contributed by atoms with Gasteiger partial charge in [0.1, 0.15) is 11.9 Å². The third-order valence-corrected chi connectivity index (χ3v) is 5.94. The predicted molar refractivity (Wildman–Crippen MR) is 110 cm³/mol. The molecule has 0 aromatic heterocycles. The van der Waals surface area contributed by atoms with Crippen molar-refractivity contribution < 1.29 is 17.6 Å². The van der Waals surface area contributed by atoms with Crippen molar-refractivity contribution in [2.75, 3.05) is 15.9 Å². The molecule has 8 heteroatoms. The van der Waals surface area contributed by atoms with Gasteiger partial charge in [0.15, 0.2) is 0 Å². The van der Waals surface area contributed by atoms with Crippen LogP contribution in [0.4, 0.5) is 15.8 Å². The van der Waals surface area contributed by atoms with Gasteiger partial charge in [0.2, 0.25) is 15.9 Å². The maximum Gasteiger partial charge on any atom is 0.248 e. The molecule has 1 unspecified atom stereocenters. The molecule has 5 nitrogen and oxygen atoms in total. The lowest BCUT2D eigenvalue weighted by atomic mass is 10.1. The Kier molecular flexibility index (Phi) is 6.64. The Balaban J connectivity index is 2.42. The van der Waals surface area contributed by atoms with Crippen LogP contribution >= 0.6 is 15.9 Å². The standard InChI is InChI=1S/C19H22BrFN2O3S/c1-5-18(19(24)22-17-9-7-14(20)11-16(17)21)23(27(4,25)26)15-8-6-12(2)13(3)10-15/h6-11,18H,5H2,1-4H3,(H,22,24). The molecule has 0 spiro atoms. The quantitative estimate of drug-likeness (QED) is 0.700. The number of amides is 1. The second-order valence-corrected chi connectivity index (χ2v) is 9.14. The lowest BCUT2D eigenvalue weighted by Gasteiger charge is -2.30. The van der Waals surface area contributed by atoms with Gasteiger partial charge in [-0.2, -0.15) is 0 Å².